The van der Waals surface area contributed by atoms with Crippen LogP contribution in [-0.2, 0) is 4.74 Å². The molecule has 9 nitrogen and oxygen atoms in total. The Kier molecular flexibility index (Phi) is 6.71. The third-order valence-electron chi connectivity index (χ3n) is 2.32. The SMILES string of the molecule is CCC(OC(CC)N(C#N)C(=N)N)N(C#N)C(=N)N. The molecule has 0 aliphatic carbocycles. The first kappa shape index (κ1) is 16.5. The average molecular weight is 266 g/mol. The van der Waals surface area contributed by atoms with Crippen LogP contribution in [0, 0.1) is 33.7 Å². The van der Waals surface area contributed by atoms with E-state index in [2.05, 4.69) is 0 Å². The van der Waals surface area contributed by atoms with Crippen molar-refractivity contribution in [2.75, 3.05) is 0 Å². The lowest BCUT2D eigenvalue weighted by molar-refractivity contribution is -0.0979. The molecule has 0 bridgehead atoms. The first-order valence-corrected chi connectivity index (χ1v) is 5.64. The number of nitrogens with zero attached hydrogens (tertiary/aromatic N) is 4. The molecule has 104 valence electrons. The second kappa shape index (κ2) is 7.74. The number of hydrogen-bond acceptors (Lipinski definition) is 5. The van der Waals surface area contributed by atoms with Crippen molar-refractivity contribution in [3.05, 3.63) is 0 Å². The van der Waals surface area contributed by atoms with Crippen LogP contribution in [0.4, 0.5) is 0 Å². The molecule has 0 amide bonds. The Balaban J connectivity index is 5.03. The molecule has 2 unspecified atom stereocenters. The summed E-state index contributed by atoms with van der Waals surface area (Å²) in [5, 5.41) is 32.4. The second-order valence-corrected chi connectivity index (χ2v) is 3.57. The summed E-state index contributed by atoms with van der Waals surface area (Å²) in [6, 6.07) is 0. The van der Waals surface area contributed by atoms with E-state index in [-0.39, 0.29) is 0 Å². The van der Waals surface area contributed by atoms with E-state index < -0.39 is 24.4 Å². The van der Waals surface area contributed by atoms with Gasteiger partial charge in [-0.3, -0.25) is 10.8 Å². The van der Waals surface area contributed by atoms with Crippen LogP contribution in [0.15, 0.2) is 0 Å². The summed E-state index contributed by atoms with van der Waals surface area (Å²) >= 11 is 0. The van der Waals surface area contributed by atoms with Gasteiger partial charge in [0.1, 0.15) is 12.5 Å². The smallest absolute Gasteiger partial charge is 0.204 e. The van der Waals surface area contributed by atoms with Crippen LogP contribution < -0.4 is 11.5 Å². The maximum atomic E-state index is 8.92. The zero-order valence-corrected chi connectivity index (χ0v) is 10.9. The molecule has 0 saturated carbocycles. The highest BCUT2D eigenvalue weighted by Gasteiger charge is 2.26. The van der Waals surface area contributed by atoms with Crippen LogP contribution >= 0.6 is 0 Å². The zero-order valence-electron chi connectivity index (χ0n) is 10.9. The van der Waals surface area contributed by atoms with Crippen LogP contribution in [0.5, 0.6) is 0 Å². The van der Waals surface area contributed by atoms with Gasteiger partial charge in [0.2, 0.25) is 11.9 Å². The van der Waals surface area contributed by atoms with Gasteiger partial charge < -0.3 is 16.2 Å². The normalized spacial score (nSPS) is 12.6. The van der Waals surface area contributed by atoms with Gasteiger partial charge in [-0.25, -0.2) is 9.80 Å². The number of ether oxygens (including phenoxy) is 1. The van der Waals surface area contributed by atoms with E-state index in [1.54, 1.807) is 26.2 Å². The van der Waals surface area contributed by atoms with Crippen LogP contribution in [0.25, 0.3) is 0 Å². The fourth-order valence-corrected chi connectivity index (χ4v) is 1.41. The Morgan fingerprint density at radius 3 is 1.53 bits per heavy atom. The van der Waals surface area contributed by atoms with Crippen molar-refractivity contribution < 1.29 is 4.74 Å². The van der Waals surface area contributed by atoms with Gasteiger partial charge in [0, 0.05) is 0 Å². The topological polar surface area (TPSA) is 163 Å². The summed E-state index contributed by atoms with van der Waals surface area (Å²) < 4.78 is 5.54. The summed E-state index contributed by atoms with van der Waals surface area (Å²) in [5.41, 5.74) is 10.5. The quantitative estimate of drug-likeness (QED) is 0.170. The Bertz CT molecular complexity index is 371. The molecule has 0 aromatic carbocycles. The molecule has 6 N–H and O–H groups in total. The Morgan fingerprint density at radius 1 is 1.05 bits per heavy atom. The van der Waals surface area contributed by atoms with Crippen molar-refractivity contribution >= 4 is 11.9 Å². The van der Waals surface area contributed by atoms with Gasteiger partial charge in [-0.15, -0.1) is 0 Å². The minimum atomic E-state index is -0.789. The van der Waals surface area contributed by atoms with Gasteiger partial charge in [-0.05, 0) is 12.8 Å². The third-order valence-corrected chi connectivity index (χ3v) is 2.32. The summed E-state index contributed by atoms with van der Waals surface area (Å²) in [4.78, 5) is 1.77. The van der Waals surface area contributed by atoms with Crippen LogP contribution in [-0.4, -0.2) is 34.2 Å². The van der Waals surface area contributed by atoms with E-state index in [4.69, 9.17) is 37.5 Å². The highest BCUT2D eigenvalue weighted by Crippen LogP contribution is 2.13. The molecule has 0 aliphatic heterocycles. The van der Waals surface area contributed by atoms with Gasteiger partial charge in [-0.1, -0.05) is 13.8 Å². The van der Waals surface area contributed by atoms with Gasteiger partial charge in [-0.2, -0.15) is 10.5 Å². The predicted molar refractivity (Wildman–Crippen MR) is 68.0 cm³/mol. The highest BCUT2D eigenvalue weighted by molar-refractivity contribution is 5.77. The Morgan fingerprint density at radius 2 is 1.37 bits per heavy atom. The maximum absolute atomic E-state index is 8.92. The van der Waals surface area contributed by atoms with Crippen molar-refractivity contribution in [3.8, 4) is 12.4 Å². The molecule has 0 fully saturated rings. The van der Waals surface area contributed by atoms with Gasteiger partial charge >= 0.3 is 0 Å². The maximum Gasteiger partial charge on any atom is 0.204 e. The number of rotatable bonds is 6. The largest absolute Gasteiger partial charge is 0.369 e. The van der Waals surface area contributed by atoms with E-state index in [0.717, 1.165) is 9.80 Å². The van der Waals surface area contributed by atoms with Crippen molar-refractivity contribution in [2.45, 2.75) is 39.1 Å². The molecule has 0 aromatic rings. The second-order valence-electron chi connectivity index (χ2n) is 3.57. The standard InChI is InChI=1S/C10H18N8O/c1-3-7(17(5-11)9(13)14)19-8(4-2)18(6-12)10(15)16/h7-8H,3-4H2,1-2H3,(H3,13,14)(H3,15,16). The molecule has 2 atom stereocenters. The number of nitriles is 2. The monoisotopic (exact) mass is 266 g/mol. The lowest BCUT2D eigenvalue weighted by Gasteiger charge is -2.31. The van der Waals surface area contributed by atoms with Crippen LogP contribution in [0.1, 0.15) is 26.7 Å². The summed E-state index contributed by atoms with van der Waals surface area (Å²) in [6.45, 7) is 3.49. The van der Waals surface area contributed by atoms with Gasteiger partial charge in [0.15, 0.2) is 12.4 Å². The van der Waals surface area contributed by atoms with E-state index in [9.17, 15) is 0 Å². The molecule has 0 spiro atoms. The molecule has 0 saturated heterocycles. The number of hydrogen-bond donors (Lipinski definition) is 4. The molecule has 0 heterocycles. The fourth-order valence-electron chi connectivity index (χ4n) is 1.41. The van der Waals surface area contributed by atoms with E-state index in [0.29, 0.717) is 12.8 Å². The molecule has 0 rings (SSSR count). The van der Waals surface area contributed by atoms with Gasteiger partial charge in [0.05, 0.1) is 0 Å². The van der Waals surface area contributed by atoms with Crippen LogP contribution in [0.2, 0.25) is 0 Å². The van der Waals surface area contributed by atoms with Gasteiger partial charge in [0.25, 0.3) is 0 Å². The predicted octanol–water partition coefficient (Wildman–Crippen LogP) is -0.172. The summed E-state index contributed by atoms with van der Waals surface area (Å²) in [5.74, 6) is -0.897. The molecule has 0 aromatic heterocycles. The minimum absolute atomic E-state index is 0.376. The van der Waals surface area contributed by atoms with Crippen molar-refractivity contribution in [1.29, 1.82) is 21.3 Å². The van der Waals surface area contributed by atoms with Crippen molar-refractivity contribution in [2.24, 2.45) is 11.5 Å². The summed E-state index contributed by atoms with van der Waals surface area (Å²) in [6.07, 6.45) is 2.65. The fraction of sp³-hybridized carbons (Fsp3) is 0.600. The molecule has 9 heteroatoms. The molecule has 0 radical (unpaired) electrons. The summed E-state index contributed by atoms with van der Waals surface area (Å²) in [7, 11) is 0. The highest BCUT2D eigenvalue weighted by atomic mass is 16.5. The number of nitrogens with one attached hydrogen (secondary N) is 2. The molecule has 19 heavy (non-hydrogen) atoms. The Labute approximate surface area is 111 Å². The van der Waals surface area contributed by atoms with E-state index in [1.165, 1.54) is 0 Å². The van der Waals surface area contributed by atoms with Crippen molar-refractivity contribution in [1.82, 2.24) is 9.80 Å². The lowest BCUT2D eigenvalue weighted by Crippen LogP contribution is -2.48. The third kappa shape index (κ3) is 4.33. The lowest BCUT2D eigenvalue weighted by atomic mass is 10.3. The number of guanidine groups is 2. The first-order chi connectivity index (χ1) is 8.92. The minimum Gasteiger partial charge on any atom is -0.369 e. The van der Waals surface area contributed by atoms with Crippen LogP contribution in [0.3, 0.4) is 0 Å². The average Bonchev–Trinajstić information content (AvgIpc) is 2.36. The zero-order chi connectivity index (χ0) is 15.0. The van der Waals surface area contributed by atoms with E-state index in [1.807, 2.05) is 0 Å². The van der Waals surface area contributed by atoms with E-state index >= 15 is 0 Å². The first-order valence-electron chi connectivity index (χ1n) is 5.64. The Hall–Kier alpha value is -2.52. The van der Waals surface area contributed by atoms with Crippen molar-refractivity contribution in [3.63, 3.8) is 0 Å². The molecular formula is C10H18N8O. The molecule has 0 aliphatic rings. The molecular weight excluding hydrogens is 248 g/mol. The number of nitrogens with two attached hydrogens (primary N) is 2.